The summed E-state index contributed by atoms with van der Waals surface area (Å²) >= 11 is 0. The van der Waals surface area contributed by atoms with Crippen molar-refractivity contribution in [2.45, 2.75) is 12.5 Å². The third-order valence-electron chi connectivity index (χ3n) is 4.68. The third-order valence-corrected chi connectivity index (χ3v) is 5.94. The van der Waals surface area contributed by atoms with Gasteiger partial charge in [0.2, 0.25) is 21.8 Å². The number of nitrogens with zero attached hydrogens (tertiary/aromatic N) is 2. The van der Waals surface area contributed by atoms with Crippen LogP contribution < -0.4 is 16.6 Å². The highest BCUT2D eigenvalue weighted by Gasteiger charge is 2.43. The molecular formula is C19H21N4O5S. The molecule has 1 fully saturated rings. The van der Waals surface area contributed by atoms with Crippen LogP contribution in [0.25, 0.3) is 5.69 Å². The number of piperidine rings is 1. The zero-order valence-corrected chi connectivity index (χ0v) is 16.5. The molecule has 2 unspecified atom stereocenters. The number of amides is 2. The van der Waals surface area contributed by atoms with Crippen LogP contribution >= 0.6 is 0 Å². The van der Waals surface area contributed by atoms with Crippen molar-refractivity contribution in [3.05, 3.63) is 65.4 Å². The normalized spacial score (nSPS) is 20.2. The van der Waals surface area contributed by atoms with Crippen molar-refractivity contribution in [3.8, 4) is 5.69 Å². The molecule has 0 aliphatic carbocycles. The van der Waals surface area contributed by atoms with E-state index in [4.69, 9.17) is 5.73 Å². The molecule has 2 aromatic rings. The van der Waals surface area contributed by atoms with Gasteiger partial charge in [0.15, 0.2) is 0 Å². The van der Waals surface area contributed by atoms with Crippen LogP contribution in [0.2, 0.25) is 0 Å². The Hall–Kier alpha value is -2.98. The zero-order chi connectivity index (χ0) is 21.2. The molecule has 2 heterocycles. The van der Waals surface area contributed by atoms with Gasteiger partial charge in [0.1, 0.15) is 6.04 Å². The number of benzene rings is 1. The van der Waals surface area contributed by atoms with E-state index in [0.29, 0.717) is 17.8 Å². The lowest BCUT2D eigenvalue weighted by atomic mass is 9.89. The first-order valence-corrected chi connectivity index (χ1v) is 10.7. The van der Waals surface area contributed by atoms with Gasteiger partial charge in [0.05, 0.1) is 12.2 Å². The van der Waals surface area contributed by atoms with E-state index in [1.807, 2.05) is 0 Å². The molecule has 1 radical (unpaired) electrons. The molecule has 0 bridgehead atoms. The summed E-state index contributed by atoms with van der Waals surface area (Å²) in [5.41, 5.74) is 6.27. The third kappa shape index (κ3) is 4.54. The Morgan fingerprint density at radius 3 is 2.41 bits per heavy atom. The van der Waals surface area contributed by atoms with Crippen LogP contribution in [0.5, 0.6) is 0 Å². The molecule has 0 spiro atoms. The predicted octanol–water partition coefficient (Wildman–Crippen LogP) is 0.116. The minimum absolute atomic E-state index is 0.0940. The van der Waals surface area contributed by atoms with Gasteiger partial charge in [-0.15, -0.1) is 0 Å². The van der Waals surface area contributed by atoms with Crippen LogP contribution in [0, 0.1) is 12.3 Å². The van der Waals surface area contributed by atoms with Gasteiger partial charge >= 0.3 is 0 Å². The summed E-state index contributed by atoms with van der Waals surface area (Å²) in [4.78, 5) is 36.5. The van der Waals surface area contributed by atoms with Crippen molar-refractivity contribution < 1.29 is 18.0 Å². The van der Waals surface area contributed by atoms with Gasteiger partial charge in [-0.25, -0.2) is 8.42 Å². The minimum atomic E-state index is -3.70. The van der Waals surface area contributed by atoms with E-state index >= 15 is 0 Å². The minimum Gasteiger partial charge on any atom is -0.368 e. The maximum atomic E-state index is 12.7. The monoisotopic (exact) mass is 417 g/mol. The van der Waals surface area contributed by atoms with Crippen LogP contribution in [0.4, 0.5) is 5.69 Å². The molecule has 1 saturated heterocycles. The Morgan fingerprint density at radius 1 is 1.14 bits per heavy atom. The quantitative estimate of drug-likeness (QED) is 0.713. The summed E-state index contributed by atoms with van der Waals surface area (Å²) in [6, 6.07) is 10.1. The second-order valence-electron chi connectivity index (χ2n) is 6.72. The number of sulfonamides is 1. The van der Waals surface area contributed by atoms with Crippen LogP contribution in [0.15, 0.2) is 53.5 Å². The Kier molecular flexibility index (Phi) is 5.85. The molecule has 29 heavy (non-hydrogen) atoms. The second-order valence-corrected chi connectivity index (χ2v) is 8.65. The standard InChI is InChI=1S/C19H21N4O5S/c1-29(27,28)23-12-4-5-15(17(23)18(20)25)19(26)21-13-7-9-14(10-8-13)22-11-3-2-6-16(22)24/h2-3,5-11,15,17H,4,12H2,1H3,(H2,20,25)(H,21,26). The summed E-state index contributed by atoms with van der Waals surface area (Å²) < 4.78 is 26.4. The number of nitrogens with two attached hydrogens (primary N) is 1. The Morgan fingerprint density at radius 2 is 1.83 bits per heavy atom. The second kappa shape index (κ2) is 8.18. The maximum absolute atomic E-state index is 12.7. The van der Waals surface area contributed by atoms with Gasteiger partial charge in [-0.05, 0) is 43.2 Å². The van der Waals surface area contributed by atoms with Crippen molar-refractivity contribution in [2.24, 2.45) is 11.7 Å². The van der Waals surface area contributed by atoms with Gasteiger partial charge in [-0.3, -0.25) is 19.0 Å². The number of rotatable bonds is 5. The first-order chi connectivity index (χ1) is 13.7. The molecule has 153 valence electrons. The van der Waals surface area contributed by atoms with Crippen LogP contribution in [0.3, 0.4) is 0 Å². The molecule has 10 heteroatoms. The molecule has 0 saturated carbocycles. The van der Waals surface area contributed by atoms with Gasteiger partial charge in [-0.1, -0.05) is 6.07 Å². The van der Waals surface area contributed by atoms with Crippen molar-refractivity contribution >= 4 is 27.5 Å². The number of carbonyl (C=O) groups is 2. The summed E-state index contributed by atoms with van der Waals surface area (Å²) in [6.45, 7) is 0.0940. The molecule has 3 rings (SSSR count). The van der Waals surface area contributed by atoms with Gasteiger partial charge in [-0.2, -0.15) is 4.31 Å². The van der Waals surface area contributed by atoms with Gasteiger partial charge in [0, 0.05) is 30.2 Å². The summed E-state index contributed by atoms with van der Waals surface area (Å²) in [5.74, 6) is -2.43. The largest absolute Gasteiger partial charge is 0.368 e. The van der Waals surface area contributed by atoms with Crippen molar-refractivity contribution in [1.82, 2.24) is 8.87 Å². The smallest absolute Gasteiger partial charge is 0.255 e. The molecular weight excluding hydrogens is 396 g/mol. The fourth-order valence-electron chi connectivity index (χ4n) is 3.34. The Labute approximate surface area is 168 Å². The summed E-state index contributed by atoms with van der Waals surface area (Å²) in [7, 11) is -3.70. The predicted molar refractivity (Wildman–Crippen MR) is 108 cm³/mol. The first kappa shape index (κ1) is 20.7. The van der Waals surface area contributed by atoms with E-state index in [9.17, 15) is 22.8 Å². The zero-order valence-electron chi connectivity index (χ0n) is 15.7. The molecule has 1 aromatic carbocycles. The first-order valence-electron chi connectivity index (χ1n) is 8.87. The number of aromatic nitrogens is 1. The maximum Gasteiger partial charge on any atom is 0.255 e. The van der Waals surface area contributed by atoms with Crippen LogP contribution in [-0.4, -0.2) is 47.9 Å². The van der Waals surface area contributed by atoms with Crippen molar-refractivity contribution in [2.75, 3.05) is 18.1 Å². The van der Waals surface area contributed by atoms with E-state index < -0.39 is 33.8 Å². The fraction of sp³-hybridized carbons (Fsp3) is 0.263. The molecule has 3 N–H and O–H groups in total. The Balaban J connectivity index is 1.79. The molecule has 1 aliphatic rings. The van der Waals surface area contributed by atoms with Crippen molar-refractivity contribution in [1.29, 1.82) is 0 Å². The van der Waals surface area contributed by atoms with E-state index in [0.717, 1.165) is 10.6 Å². The molecule has 2 atom stereocenters. The number of hydrogen-bond acceptors (Lipinski definition) is 5. The SMILES string of the molecule is CS(=O)(=O)N1CC[CH]C(C(=O)Nc2ccc(-n3ccccc3=O)cc2)C1C(N)=O. The van der Waals surface area contributed by atoms with Crippen LogP contribution in [-0.2, 0) is 19.6 Å². The van der Waals surface area contributed by atoms with Crippen LogP contribution in [0.1, 0.15) is 6.42 Å². The van der Waals surface area contributed by atoms with E-state index in [-0.39, 0.29) is 12.1 Å². The van der Waals surface area contributed by atoms with E-state index in [1.54, 1.807) is 49.0 Å². The molecule has 2 amide bonds. The number of nitrogens with one attached hydrogen (secondary N) is 1. The fourth-order valence-corrected chi connectivity index (χ4v) is 4.43. The number of pyridine rings is 1. The highest BCUT2D eigenvalue weighted by Crippen LogP contribution is 2.26. The Bertz CT molecular complexity index is 1080. The average Bonchev–Trinajstić information content (AvgIpc) is 2.67. The summed E-state index contributed by atoms with van der Waals surface area (Å²) in [6.07, 6.45) is 4.53. The number of carbonyl (C=O) groups excluding carboxylic acids is 2. The lowest BCUT2D eigenvalue weighted by Gasteiger charge is -2.36. The molecule has 9 nitrogen and oxygen atoms in total. The molecule has 1 aliphatic heterocycles. The average molecular weight is 417 g/mol. The van der Waals surface area contributed by atoms with Crippen molar-refractivity contribution in [3.63, 3.8) is 0 Å². The number of hydrogen-bond donors (Lipinski definition) is 2. The topological polar surface area (TPSA) is 132 Å². The van der Waals surface area contributed by atoms with E-state index in [1.165, 1.54) is 10.6 Å². The number of anilines is 1. The highest BCUT2D eigenvalue weighted by atomic mass is 32.2. The lowest BCUT2D eigenvalue weighted by molar-refractivity contribution is -0.130. The summed E-state index contributed by atoms with van der Waals surface area (Å²) in [5, 5.41) is 2.67. The van der Waals surface area contributed by atoms with Gasteiger partial charge < -0.3 is 11.1 Å². The highest BCUT2D eigenvalue weighted by molar-refractivity contribution is 7.88. The van der Waals surface area contributed by atoms with Gasteiger partial charge in [0.25, 0.3) is 5.56 Å². The van der Waals surface area contributed by atoms with E-state index in [2.05, 4.69) is 5.32 Å². The lowest BCUT2D eigenvalue weighted by Crippen LogP contribution is -2.57. The number of primary amides is 1. The molecule has 1 aromatic heterocycles.